The van der Waals surface area contributed by atoms with Crippen molar-refractivity contribution >= 4 is 0 Å². The summed E-state index contributed by atoms with van der Waals surface area (Å²) in [7, 11) is 1.78. The summed E-state index contributed by atoms with van der Waals surface area (Å²) in [6, 6.07) is 7.46. The van der Waals surface area contributed by atoms with Crippen LogP contribution in [0.4, 0.5) is 4.39 Å². The average molecular weight is 485 g/mol. The maximum atomic E-state index is 14.6. The van der Waals surface area contributed by atoms with Crippen molar-refractivity contribution in [2.45, 2.75) is 45.9 Å². The van der Waals surface area contributed by atoms with E-state index < -0.39 is 12.3 Å². The van der Waals surface area contributed by atoms with Crippen molar-refractivity contribution < 1.29 is 23.5 Å². The van der Waals surface area contributed by atoms with Crippen LogP contribution in [0, 0.1) is 26.7 Å². The van der Waals surface area contributed by atoms with E-state index in [9.17, 15) is 9.50 Å². The molecule has 0 saturated carbocycles. The highest BCUT2D eigenvalue weighted by Crippen LogP contribution is 2.34. The number of aromatic nitrogens is 3. The van der Waals surface area contributed by atoms with Crippen molar-refractivity contribution in [1.29, 1.82) is 0 Å². The Morgan fingerprint density at radius 1 is 1.26 bits per heavy atom. The monoisotopic (exact) mass is 484 g/mol. The van der Waals surface area contributed by atoms with Crippen molar-refractivity contribution in [1.82, 2.24) is 20.4 Å². The second kappa shape index (κ2) is 11.2. The first kappa shape index (κ1) is 25.2. The zero-order valence-corrected chi connectivity index (χ0v) is 20.7. The number of hydrogen-bond donors (Lipinski definition) is 2. The number of rotatable bonds is 9. The van der Waals surface area contributed by atoms with Gasteiger partial charge in [0.15, 0.2) is 5.82 Å². The third kappa shape index (κ3) is 5.86. The number of hydrogen-bond acceptors (Lipinski definition) is 8. The minimum Gasteiger partial charge on any atom is -0.491 e. The largest absolute Gasteiger partial charge is 0.491 e. The first-order valence-electron chi connectivity index (χ1n) is 12.0. The summed E-state index contributed by atoms with van der Waals surface area (Å²) >= 11 is 0. The number of ether oxygens (including phenoxy) is 2. The first-order valence-corrected chi connectivity index (χ1v) is 12.0. The van der Waals surface area contributed by atoms with E-state index in [1.807, 2.05) is 45.0 Å². The predicted molar refractivity (Wildman–Crippen MR) is 130 cm³/mol. The lowest BCUT2D eigenvalue weighted by atomic mass is 9.90. The molecule has 1 aromatic carbocycles. The lowest BCUT2D eigenvalue weighted by molar-refractivity contribution is -0.00149. The molecule has 4 rings (SSSR count). The van der Waals surface area contributed by atoms with Gasteiger partial charge in [0.05, 0.1) is 23.6 Å². The quantitative estimate of drug-likeness (QED) is 0.475. The van der Waals surface area contributed by atoms with Gasteiger partial charge in [-0.3, -0.25) is 0 Å². The Hall–Kier alpha value is -2.88. The van der Waals surface area contributed by atoms with Crippen molar-refractivity contribution in [2.24, 2.45) is 5.92 Å². The average Bonchev–Trinajstić information content (AvgIpc) is 3.18. The number of benzene rings is 1. The Labute approximate surface area is 204 Å². The molecular weight excluding hydrogens is 451 g/mol. The fraction of sp³-hybridized carbons (Fsp3) is 0.500. The SMILES string of the molecule is CNCC(O)COc1cccc(-c2nc(C[C@H]3CCOC[C@@H]3F)c(C)c(-c3c(C)noc3C)n2)c1. The summed E-state index contributed by atoms with van der Waals surface area (Å²) in [5.41, 5.74) is 4.77. The van der Waals surface area contributed by atoms with Gasteiger partial charge in [0, 0.05) is 30.3 Å². The smallest absolute Gasteiger partial charge is 0.160 e. The van der Waals surface area contributed by atoms with E-state index in [0.29, 0.717) is 43.3 Å². The van der Waals surface area contributed by atoms with E-state index in [1.165, 1.54) is 0 Å². The summed E-state index contributed by atoms with van der Waals surface area (Å²) in [6.07, 6.45) is -0.497. The molecule has 9 heteroatoms. The molecule has 1 saturated heterocycles. The van der Waals surface area contributed by atoms with E-state index >= 15 is 0 Å². The van der Waals surface area contributed by atoms with Gasteiger partial charge in [0.25, 0.3) is 0 Å². The van der Waals surface area contributed by atoms with Gasteiger partial charge < -0.3 is 24.4 Å². The number of likely N-dealkylation sites (N-methyl/N-ethyl adjacent to an activating group) is 1. The van der Waals surface area contributed by atoms with Gasteiger partial charge in [-0.15, -0.1) is 0 Å². The molecule has 2 N–H and O–H groups in total. The summed E-state index contributed by atoms with van der Waals surface area (Å²) in [4.78, 5) is 9.78. The summed E-state index contributed by atoms with van der Waals surface area (Å²) in [6.45, 7) is 6.98. The van der Waals surface area contributed by atoms with Gasteiger partial charge in [-0.25, -0.2) is 14.4 Å². The fourth-order valence-corrected chi connectivity index (χ4v) is 4.39. The zero-order valence-electron chi connectivity index (χ0n) is 20.7. The zero-order chi connectivity index (χ0) is 24.9. The Morgan fingerprint density at radius 3 is 2.80 bits per heavy atom. The Kier molecular flexibility index (Phi) is 8.10. The highest BCUT2D eigenvalue weighted by molar-refractivity contribution is 5.71. The van der Waals surface area contributed by atoms with Gasteiger partial charge in [0.2, 0.25) is 0 Å². The molecule has 35 heavy (non-hydrogen) atoms. The number of aliphatic hydroxyl groups is 1. The van der Waals surface area contributed by atoms with Gasteiger partial charge in [-0.2, -0.15) is 0 Å². The van der Waals surface area contributed by atoms with Crippen LogP contribution in [0.2, 0.25) is 0 Å². The molecule has 0 bridgehead atoms. The third-order valence-electron chi connectivity index (χ3n) is 6.37. The van der Waals surface area contributed by atoms with Crippen LogP contribution >= 0.6 is 0 Å². The van der Waals surface area contributed by atoms with Crippen molar-refractivity contribution in [3.63, 3.8) is 0 Å². The van der Waals surface area contributed by atoms with E-state index in [4.69, 9.17) is 24.0 Å². The highest BCUT2D eigenvalue weighted by atomic mass is 19.1. The van der Waals surface area contributed by atoms with Crippen LogP contribution in [0.3, 0.4) is 0 Å². The van der Waals surface area contributed by atoms with Crippen molar-refractivity contribution in [3.05, 3.63) is 47.0 Å². The summed E-state index contributed by atoms with van der Waals surface area (Å²) in [5.74, 6) is 1.64. The molecule has 1 fully saturated rings. The molecule has 2 aromatic heterocycles. The van der Waals surface area contributed by atoms with Crippen LogP contribution < -0.4 is 10.1 Å². The summed E-state index contributed by atoms with van der Waals surface area (Å²) in [5, 5.41) is 17.0. The van der Waals surface area contributed by atoms with Crippen molar-refractivity contribution in [3.8, 4) is 28.4 Å². The second-order valence-corrected chi connectivity index (χ2v) is 9.06. The number of aryl methyl sites for hydroxylation is 2. The molecule has 3 atom stereocenters. The van der Waals surface area contributed by atoms with Crippen LogP contribution in [0.25, 0.3) is 22.6 Å². The first-order chi connectivity index (χ1) is 16.9. The molecule has 0 aliphatic carbocycles. The maximum absolute atomic E-state index is 14.6. The molecule has 1 aliphatic rings. The van der Waals surface area contributed by atoms with Crippen LogP contribution in [0.15, 0.2) is 28.8 Å². The molecule has 188 valence electrons. The normalized spacial score (nSPS) is 19.0. The van der Waals surface area contributed by atoms with Gasteiger partial charge in [-0.1, -0.05) is 17.3 Å². The third-order valence-corrected chi connectivity index (χ3v) is 6.37. The second-order valence-electron chi connectivity index (χ2n) is 9.06. The Bertz CT molecular complexity index is 1130. The minimum absolute atomic E-state index is 0.122. The Morgan fingerprint density at radius 2 is 2.09 bits per heavy atom. The van der Waals surface area contributed by atoms with Crippen LogP contribution in [-0.4, -0.2) is 65.9 Å². The lowest BCUT2D eigenvalue weighted by Crippen LogP contribution is -2.30. The van der Waals surface area contributed by atoms with E-state index in [2.05, 4.69) is 10.5 Å². The molecule has 1 unspecified atom stereocenters. The van der Waals surface area contributed by atoms with E-state index in [0.717, 1.165) is 33.8 Å². The number of alkyl halides is 1. The molecule has 3 aromatic rings. The van der Waals surface area contributed by atoms with Gasteiger partial charge in [-0.05, 0) is 58.4 Å². The maximum Gasteiger partial charge on any atom is 0.160 e. The van der Waals surface area contributed by atoms with Crippen molar-refractivity contribution in [2.75, 3.05) is 33.4 Å². The highest BCUT2D eigenvalue weighted by Gasteiger charge is 2.28. The standard InChI is InChI=1S/C26H33FN4O4/c1-15-23(11-18-8-9-33-14-22(18)27)29-26(30-25(15)24-16(2)31-35-17(24)3)19-6-5-7-21(10-19)34-13-20(32)12-28-4/h5-7,10,18,20,22,28,32H,8-9,11-14H2,1-4H3/t18-,20?,22+/m1/s1. The van der Waals surface area contributed by atoms with Gasteiger partial charge in [0.1, 0.15) is 30.4 Å². The number of nitrogens with one attached hydrogen (secondary N) is 1. The molecule has 0 spiro atoms. The number of halogens is 1. The topological polar surface area (TPSA) is 103 Å². The van der Waals surface area contributed by atoms with E-state index in [1.54, 1.807) is 7.05 Å². The molecule has 0 amide bonds. The number of nitrogens with zero attached hydrogens (tertiary/aromatic N) is 3. The van der Waals surface area contributed by atoms with Crippen LogP contribution in [0.1, 0.15) is 29.1 Å². The molecule has 8 nitrogen and oxygen atoms in total. The number of aliphatic hydroxyl groups excluding tert-OH is 1. The van der Waals surface area contributed by atoms with E-state index in [-0.39, 0.29) is 19.1 Å². The molecule has 1 aliphatic heterocycles. The van der Waals surface area contributed by atoms with Crippen LogP contribution in [0.5, 0.6) is 5.75 Å². The minimum atomic E-state index is -1.02. The fourth-order valence-electron chi connectivity index (χ4n) is 4.39. The molecule has 0 radical (unpaired) electrons. The summed E-state index contributed by atoms with van der Waals surface area (Å²) < 4.78 is 31.1. The predicted octanol–water partition coefficient (Wildman–Crippen LogP) is 3.60. The molecular formula is C26H33FN4O4. The van der Waals surface area contributed by atoms with Gasteiger partial charge >= 0.3 is 0 Å². The Balaban J connectivity index is 1.73. The molecule has 3 heterocycles. The lowest BCUT2D eigenvalue weighted by Gasteiger charge is -2.26. The van der Waals surface area contributed by atoms with Crippen LogP contribution in [-0.2, 0) is 11.2 Å².